The Morgan fingerprint density at radius 2 is 1.63 bits per heavy atom. The number of ether oxygens (including phenoxy) is 1. The molecule has 30 heavy (non-hydrogen) atoms. The van der Waals surface area contributed by atoms with Crippen molar-refractivity contribution in [1.82, 2.24) is 5.32 Å². The molecule has 3 rings (SSSR count). The van der Waals surface area contributed by atoms with E-state index in [-0.39, 0.29) is 11.9 Å². The second-order valence-corrected chi connectivity index (χ2v) is 8.67. The van der Waals surface area contributed by atoms with E-state index in [0.29, 0.717) is 28.0 Å². The van der Waals surface area contributed by atoms with Gasteiger partial charge in [-0.15, -0.1) is 11.8 Å². The first-order chi connectivity index (χ1) is 14.5. The van der Waals surface area contributed by atoms with Crippen LogP contribution in [-0.2, 0) is 5.75 Å². The fourth-order valence-electron chi connectivity index (χ4n) is 2.94. The van der Waals surface area contributed by atoms with Gasteiger partial charge in [0.1, 0.15) is 5.75 Å². The summed E-state index contributed by atoms with van der Waals surface area (Å²) in [6, 6.07) is 20.6. The lowest BCUT2D eigenvalue weighted by Crippen LogP contribution is -2.26. The number of carbonyl (C=O) groups excluding carboxylic acids is 1. The maximum Gasteiger partial charge on any atom is 0.251 e. The van der Waals surface area contributed by atoms with E-state index in [1.165, 1.54) is 0 Å². The zero-order chi connectivity index (χ0) is 21.5. The highest BCUT2D eigenvalue weighted by molar-refractivity contribution is 7.98. The normalized spacial score (nSPS) is 11.7. The van der Waals surface area contributed by atoms with Crippen molar-refractivity contribution in [3.8, 4) is 5.75 Å². The fraction of sp³-hybridized carbons (Fsp3) is 0.208. The number of thioether (sulfide) groups is 1. The summed E-state index contributed by atoms with van der Waals surface area (Å²) in [6.07, 6.45) is 0. The monoisotopic (exact) mass is 459 g/mol. The minimum absolute atomic E-state index is 0.127. The van der Waals surface area contributed by atoms with E-state index in [1.54, 1.807) is 17.8 Å². The molecule has 0 fully saturated rings. The van der Waals surface area contributed by atoms with Gasteiger partial charge in [-0.2, -0.15) is 0 Å². The Balaban J connectivity index is 1.73. The fourth-order valence-corrected chi connectivity index (χ4v) is 4.06. The van der Waals surface area contributed by atoms with Crippen LogP contribution in [0.3, 0.4) is 0 Å². The van der Waals surface area contributed by atoms with Crippen molar-refractivity contribution in [3.63, 3.8) is 0 Å². The zero-order valence-corrected chi connectivity index (χ0v) is 19.2. The van der Waals surface area contributed by atoms with Crippen molar-refractivity contribution in [2.75, 3.05) is 6.61 Å². The third-order valence-electron chi connectivity index (χ3n) is 4.55. The van der Waals surface area contributed by atoms with Crippen molar-refractivity contribution in [2.24, 2.45) is 0 Å². The number of halogens is 2. The van der Waals surface area contributed by atoms with Gasteiger partial charge >= 0.3 is 0 Å². The van der Waals surface area contributed by atoms with Crippen LogP contribution in [0.25, 0.3) is 0 Å². The molecule has 0 saturated heterocycles. The van der Waals surface area contributed by atoms with E-state index >= 15 is 0 Å². The van der Waals surface area contributed by atoms with Crippen molar-refractivity contribution >= 4 is 40.9 Å². The van der Waals surface area contributed by atoms with Gasteiger partial charge in [0.15, 0.2) is 0 Å². The summed E-state index contributed by atoms with van der Waals surface area (Å²) in [5.41, 5.74) is 2.58. The molecule has 1 N–H and O–H groups in total. The number of nitrogens with one attached hydrogen (secondary N) is 1. The van der Waals surface area contributed by atoms with Crippen LogP contribution in [-0.4, -0.2) is 12.5 Å². The smallest absolute Gasteiger partial charge is 0.251 e. The van der Waals surface area contributed by atoms with Crippen molar-refractivity contribution in [1.29, 1.82) is 0 Å². The highest BCUT2D eigenvalue weighted by Gasteiger charge is 2.14. The van der Waals surface area contributed by atoms with E-state index in [2.05, 4.69) is 5.32 Å². The van der Waals surface area contributed by atoms with Crippen LogP contribution in [0, 0.1) is 0 Å². The molecule has 3 aromatic carbocycles. The maximum atomic E-state index is 12.8. The topological polar surface area (TPSA) is 38.3 Å². The number of carbonyl (C=O) groups is 1. The molecule has 0 aliphatic carbocycles. The minimum Gasteiger partial charge on any atom is -0.494 e. The van der Waals surface area contributed by atoms with E-state index < -0.39 is 0 Å². The van der Waals surface area contributed by atoms with Crippen LogP contribution in [0.5, 0.6) is 5.75 Å². The lowest BCUT2D eigenvalue weighted by Gasteiger charge is -2.16. The predicted octanol–water partition coefficient (Wildman–Crippen LogP) is 7.18. The molecule has 0 spiro atoms. The average molecular weight is 460 g/mol. The lowest BCUT2D eigenvalue weighted by molar-refractivity contribution is 0.0939. The zero-order valence-electron chi connectivity index (χ0n) is 16.8. The van der Waals surface area contributed by atoms with E-state index in [1.807, 2.05) is 74.5 Å². The summed E-state index contributed by atoms with van der Waals surface area (Å²) in [6.45, 7) is 4.47. The number of benzene rings is 3. The second kappa shape index (κ2) is 10.8. The van der Waals surface area contributed by atoms with Gasteiger partial charge in [0.2, 0.25) is 0 Å². The Morgan fingerprint density at radius 3 is 2.27 bits per heavy atom. The predicted molar refractivity (Wildman–Crippen MR) is 126 cm³/mol. The van der Waals surface area contributed by atoms with Crippen LogP contribution in [0.4, 0.5) is 0 Å². The molecule has 0 saturated carbocycles. The maximum absolute atomic E-state index is 12.8. The molecule has 0 heterocycles. The highest BCUT2D eigenvalue weighted by atomic mass is 35.5. The Hall–Kier alpha value is -2.14. The molecule has 3 nitrogen and oxygen atoms in total. The van der Waals surface area contributed by atoms with Gasteiger partial charge < -0.3 is 10.1 Å². The highest BCUT2D eigenvalue weighted by Crippen LogP contribution is 2.30. The third kappa shape index (κ3) is 6.18. The molecule has 0 aromatic heterocycles. The molecule has 6 heteroatoms. The largest absolute Gasteiger partial charge is 0.494 e. The minimum atomic E-state index is -0.131. The second-order valence-electron chi connectivity index (χ2n) is 6.74. The van der Waals surface area contributed by atoms with Crippen LogP contribution in [0.2, 0.25) is 10.0 Å². The third-order valence-corrected chi connectivity index (χ3v) is 6.11. The Labute approximate surface area is 191 Å². The molecule has 0 aliphatic heterocycles. The van der Waals surface area contributed by atoms with Gasteiger partial charge in [0.25, 0.3) is 5.91 Å². The molecular formula is C24H23Cl2NO2S. The first-order valence-electron chi connectivity index (χ1n) is 9.66. The quantitative estimate of drug-likeness (QED) is 0.362. The lowest BCUT2D eigenvalue weighted by atomic mass is 10.1. The van der Waals surface area contributed by atoms with Crippen molar-refractivity contribution in [3.05, 3.63) is 93.5 Å². The van der Waals surface area contributed by atoms with E-state index in [0.717, 1.165) is 21.8 Å². The molecule has 156 valence electrons. The summed E-state index contributed by atoms with van der Waals surface area (Å²) in [5.74, 6) is 1.35. The van der Waals surface area contributed by atoms with Gasteiger partial charge in [-0.25, -0.2) is 0 Å². The molecule has 1 amide bonds. The van der Waals surface area contributed by atoms with Crippen molar-refractivity contribution in [2.45, 2.75) is 30.5 Å². The SMILES string of the molecule is CCOc1ccc(C(=O)NC(C)c2ccc(Cl)cc2)cc1CSc1ccc(Cl)cc1. The Kier molecular flexibility index (Phi) is 8.08. The van der Waals surface area contributed by atoms with Gasteiger partial charge in [-0.1, -0.05) is 35.3 Å². The first-order valence-corrected chi connectivity index (χ1v) is 11.4. The number of hydrogen-bond donors (Lipinski definition) is 1. The van der Waals surface area contributed by atoms with Crippen LogP contribution in [0.15, 0.2) is 71.6 Å². The number of hydrogen-bond acceptors (Lipinski definition) is 3. The van der Waals surface area contributed by atoms with Crippen LogP contribution >= 0.6 is 35.0 Å². The molecule has 0 radical (unpaired) electrons. The molecule has 1 unspecified atom stereocenters. The van der Waals surface area contributed by atoms with Crippen LogP contribution < -0.4 is 10.1 Å². The molecule has 3 aromatic rings. The standard InChI is InChI=1S/C24H23Cl2NO2S/c1-3-29-23-13-6-18(14-19(23)15-30-22-11-9-21(26)10-12-22)24(28)27-16(2)17-4-7-20(25)8-5-17/h4-14,16H,3,15H2,1-2H3,(H,27,28). The first kappa shape index (κ1) is 22.5. The van der Waals surface area contributed by atoms with Crippen LogP contribution in [0.1, 0.15) is 41.4 Å². The molecule has 0 aliphatic rings. The summed E-state index contributed by atoms with van der Waals surface area (Å²) < 4.78 is 5.76. The Bertz CT molecular complexity index is 991. The van der Waals surface area contributed by atoms with E-state index in [4.69, 9.17) is 27.9 Å². The summed E-state index contributed by atoms with van der Waals surface area (Å²) in [4.78, 5) is 13.9. The van der Waals surface area contributed by atoms with Gasteiger partial charge in [-0.05, 0) is 74.0 Å². The number of amides is 1. The molecule has 0 bridgehead atoms. The summed E-state index contributed by atoms with van der Waals surface area (Å²) >= 11 is 13.6. The van der Waals surface area contributed by atoms with E-state index in [9.17, 15) is 4.79 Å². The molecular weight excluding hydrogens is 437 g/mol. The summed E-state index contributed by atoms with van der Waals surface area (Å²) in [5, 5.41) is 4.43. The Morgan fingerprint density at radius 1 is 1.00 bits per heavy atom. The average Bonchev–Trinajstić information content (AvgIpc) is 2.74. The number of rotatable bonds is 8. The summed E-state index contributed by atoms with van der Waals surface area (Å²) in [7, 11) is 0. The van der Waals surface area contributed by atoms with Crippen molar-refractivity contribution < 1.29 is 9.53 Å². The molecule has 1 atom stereocenters. The van der Waals surface area contributed by atoms with Gasteiger partial charge in [-0.3, -0.25) is 4.79 Å². The van der Waals surface area contributed by atoms with Gasteiger partial charge in [0, 0.05) is 31.8 Å². The van der Waals surface area contributed by atoms with Gasteiger partial charge in [0.05, 0.1) is 12.6 Å².